The number of fused-ring (bicyclic) bond motifs is 3. The molecule has 0 aliphatic carbocycles. The topological polar surface area (TPSA) is 66.4 Å². The number of benzene rings is 3. The predicted molar refractivity (Wildman–Crippen MR) is 99.6 cm³/mol. The van der Waals surface area contributed by atoms with E-state index in [9.17, 15) is 9.59 Å². The van der Waals surface area contributed by atoms with Gasteiger partial charge in [-0.3, -0.25) is 9.59 Å². The molecule has 0 radical (unpaired) electrons. The Bertz CT molecular complexity index is 904. The Balaban J connectivity index is 1.94. The monoisotopic (exact) mass is 335 g/mol. The van der Waals surface area contributed by atoms with Crippen molar-refractivity contribution < 1.29 is 14.7 Å². The average molecular weight is 335 g/mol. The minimum absolute atomic E-state index is 0.0681. The van der Waals surface area contributed by atoms with Gasteiger partial charge in [0, 0.05) is 12.5 Å². The number of amides is 1. The highest BCUT2D eigenvalue weighted by atomic mass is 16.4. The quantitative estimate of drug-likeness (QED) is 0.484. The molecule has 0 aliphatic heterocycles. The Kier molecular flexibility index (Phi) is 5.29. The summed E-state index contributed by atoms with van der Waals surface area (Å²) in [5.41, 5.74) is 1.17. The van der Waals surface area contributed by atoms with E-state index in [1.54, 1.807) is 0 Å². The van der Waals surface area contributed by atoms with Gasteiger partial charge in [0.05, 0.1) is 0 Å². The van der Waals surface area contributed by atoms with Crippen molar-refractivity contribution in [2.45, 2.75) is 31.7 Å². The lowest BCUT2D eigenvalue weighted by Crippen LogP contribution is -2.30. The minimum Gasteiger partial charge on any atom is -0.481 e. The third-order valence-corrected chi connectivity index (χ3v) is 4.57. The van der Waals surface area contributed by atoms with Crippen LogP contribution in [0.5, 0.6) is 0 Å². The van der Waals surface area contributed by atoms with Crippen LogP contribution in [0.1, 0.15) is 24.8 Å². The normalized spacial score (nSPS) is 12.2. The van der Waals surface area contributed by atoms with Crippen molar-refractivity contribution in [3.8, 4) is 0 Å². The van der Waals surface area contributed by atoms with Crippen LogP contribution in [0.25, 0.3) is 21.5 Å². The van der Waals surface area contributed by atoms with Gasteiger partial charge in [-0.1, -0.05) is 54.6 Å². The van der Waals surface area contributed by atoms with Crippen LogP contribution < -0.4 is 5.32 Å². The fraction of sp³-hybridized carbons (Fsp3) is 0.238. The Morgan fingerprint density at radius 3 is 2.44 bits per heavy atom. The van der Waals surface area contributed by atoms with Crippen LogP contribution in [0.15, 0.2) is 54.6 Å². The molecule has 0 spiro atoms. The molecule has 2 N–H and O–H groups in total. The first-order valence-corrected chi connectivity index (χ1v) is 8.50. The summed E-state index contributed by atoms with van der Waals surface area (Å²) in [5, 5.41) is 16.4. The molecule has 0 fully saturated rings. The maximum absolute atomic E-state index is 11.0. The van der Waals surface area contributed by atoms with E-state index in [-0.39, 0.29) is 12.5 Å². The Labute approximate surface area is 146 Å². The molecule has 3 rings (SSSR count). The molecule has 1 atom stereocenters. The van der Waals surface area contributed by atoms with Crippen LogP contribution in [-0.2, 0) is 16.0 Å². The smallest absolute Gasteiger partial charge is 0.303 e. The first-order valence-electron chi connectivity index (χ1n) is 8.50. The zero-order valence-corrected chi connectivity index (χ0v) is 13.9. The van der Waals surface area contributed by atoms with Crippen molar-refractivity contribution in [2.24, 2.45) is 0 Å². The van der Waals surface area contributed by atoms with Crippen molar-refractivity contribution in [3.63, 3.8) is 0 Å². The molecule has 1 amide bonds. The van der Waals surface area contributed by atoms with Gasteiger partial charge in [-0.25, -0.2) is 0 Å². The summed E-state index contributed by atoms with van der Waals surface area (Å²) in [6.45, 7) is 0. The third-order valence-electron chi connectivity index (χ3n) is 4.57. The fourth-order valence-electron chi connectivity index (χ4n) is 3.41. The van der Waals surface area contributed by atoms with Crippen LogP contribution in [0.2, 0.25) is 0 Å². The van der Waals surface area contributed by atoms with Crippen LogP contribution >= 0.6 is 0 Å². The number of carboxylic acid groups (broad SMARTS) is 1. The molecule has 3 aromatic rings. The second-order valence-corrected chi connectivity index (χ2v) is 6.27. The number of carboxylic acids is 1. The van der Waals surface area contributed by atoms with Gasteiger partial charge in [0.2, 0.25) is 6.41 Å². The number of nitrogens with one attached hydrogen (secondary N) is 1. The van der Waals surface area contributed by atoms with Gasteiger partial charge < -0.3 is 10.4 Å². The lowest BCUT2D eigenvalue weighted by atomic mass is 9.92. The first kappa shape index (κ1) is 17.0. The zero-order chi connectivity index (χ0) is 17.6. The lowest BCUT2D eigenvalue weighted by molar-refractivity contribution is -0.137. The summed E-state index contributed by atoms with van der Waals surface area (Å²) in [4.78, 5) is 21.7. The van der Waals surface area contributed by atoms with Crippen molar-refractivity contribution in [1.82, 2.24) is 5.32 Å². The first-order chi connectivity index (χ1) is 12.2. The molecule has 0 aromatic heterocycles. The Hall–Kier alpha value is -2.88. The number of carbonyl (C=O) groups excluding carboxylic acids is 1. The summed E-state index contributed by atoms with van der Waals surface area (Å²) < 4.78 is 0. The maximum Gasteiger partial charge on any atom is 0.303 e. The van der Waals surface area contributed by atoms with Gasteiger partial charge in [0.25, 0.3) is 0 Å². The highest BCUT2D eigenvalue weighted by Crippen LogP contribution is 2.29. The van der Waals surface area contributed by atoms with E-state index in [4.69, 9.17) is 5.11 Å². The van der Waals surface area contributed by atoms with Gasteiger partial charge in [-0.05, 0) is 46.4 Å². The van der Waals surface area contributed by atoms with E-state index < -0.39 is 5.97 Å². The summed E-state index contributed by atoms with van der Waals surface area (Å²) in [6.07, 6.45) is 2.70. The van der Waals surface area contributed by atoms with E-state index in [1.807, 2.05) is 24.3 Å². The van der Waals surface area contributed by atoms with E-state index in [0.717, 1.165) is 0 Å². The number of hydrogen-bond donors (Lipinski definition) is 2. The Morgan fingerprint density at radius 2 is 1.72 bits per heavy atom. The molecule has 0 bridgehead atoms. The standard InChI is InChI=1S/C21H21NO3/c23-14-22-17(7-5-11-21(24)25)13-16-12-15-6-1-2-8-18(15)20-10-4-3-9-19(16)20/h1-4,6,8-10,12,14,17H,5,7,11,13H2,(H,22,23)(H,24,25)/t17-/m0/s1. The van der Waals surface area contributed by atoms with Crippen molar-refractivity contribution >= 4 is 33.9 Å². The molecule has 4 heteroatoms. The van der Waals surface area contributed by atoms with E-state index in [1.165, 1.54) is 27.1 Å². The fourth-order valence-corrected chi connectivity index (χ4v) is 3.41. The second kappa shape index (κ2) is 7.79. The van der Waals surface area contributed by atoms with Crippen LogP contribution in [0.3, 0.4) is 0 Å². The summed E-state index contributed by atoms with van der Waals surface area (Å²) >= 11 is 0. The highest BCUT2D eigenvalue weighted by Gasteiger charge is 2.13. The molecular formula is C21H21NO3. The lowest BCUT2D eigenvalue weighted by Gasteiger charge is -2.18. The predicted octanol–water partition coefficient (Wildman–Crippen LogP) is 3.91. The van der Waals surface area contributed by atoms with E-state index >= 15 is 0 Å². The SMILES string of the molecule is O=CN[C@@H](CCCC(=O)O)Cc1cc2ccccc2c2ccccc12. The maximum atomic E-state index is 11.0. The molecule has 4 nitrogen and oxygen atoms in total. The molecule has 25 heavy (non-hydrogen) atoms. The molecule has 128 valence electrons. The molecule has 0 saturated heterocycles. The second-order valence-electron chi connectivity index (χ2n) is 6.27. The largest absolute Gasteiger partial charge is 0.481 e. The van der Waals surface area contributed by atoms with Crippen LogP contribution in [0.4, 0.5) is 0 Å². The van der Waals surface area contributed by atoms with Gasteiger partial charge in [0.15, 0.2) is 0 Å². The highest BCUT2D eigenvalue weighted by molar-refractivity contribution is 6.08. The molecular weight excluding hydrogens is 314 g/mol. The van der Waals surface area contributed by atoms with Crippen molar-refractivity contribution in [1.29, 1.82) is 0 Å². The molecule has 0 saturated carbocycles. The van der Waals surface area contributed by atoms with Gasteiger partial charge >= 0.3 is 5.97 Å². The number of carbonyl (C=O) groups is 2. The molecule has 3 aromatic carbocycles. The van der Waals surface area contributed by atoms with Crippen LogP contribution in [-0.4, -0.2) is 23.5 Å². The van der Waals surface area contributed by atoms with Crippen LogP contribution in [0, 0.1) is 0 Å². The van der Waals surface area contributed by atoms with Crippen molar-refractivity contribution in [3.05, 3.63) is 60.2 Å². The van der Waals surface area contributed by atoms with E-state index in [2.05, 4.69) is 35.6 Å². The van der Waals surface area contributed by atoms with Gasteiger partial charge in [-0.15, -0.1) is 0 Å². The summed E-state index contributed by atoms with van der Waals surface area (Å²) in [7, 11) is 0. The molecule has 0 heterocycles. The van der Waals surface area contributed by atoms with Crippen molar-refractivity contribution in [2.75, 3.05) is 0 Å². The number of aliphatic carboxylic acids is 1. The van der Waals surface area contributed by atoms with Gasteiger partial charge in [-0.2, -0.15) is 0 Å². The number of rotatable bonds is 8. The Morgan fingerprint density at radius 1 is 1.04 bits per heavy atom. The zero-order valence-electron chi connectivity index (χ0n) is 13.9. The minimum atomic E-state index is -0.805. The summed E-state index contributed by atoms with van der Waals surface area (Å²) in [6, 6.07) is 18.7. The average Bonchev–Trinajstić information content (AvgIpc) is 2.62. The number of hydrogen-bond acceptors (Lipinski definition) is 2. The summed E-state index contributed by atoms with van der Waals surface area (Å²) in [5.74, 6) is -0.805. The molecule has 0 aliphatic rings. The molecule has 0 unspecified atom stereocenters. The van der Waals surface area contributed by atoms with Gasteiger partial charge in [0.1, 0.15) is 0 Å². The third kappa shape index (κ3) is 3.97. The van der Waals surface area contributed by atoms with E-state index in [0.29, 0.717) is 25.7 Å².